The number of fused-ring (bicyclic) bond motifs is 1. The first-order valence-corrected chi connectivity index (χ1v) is 8.78. The van der Waals surface area contributed by atoms with Crippen LogP contribution in [0.25, 0.3) is 0 Å². The highest BCUT2D eigenvalue weighted by Gasteiger charge is 2.37. The highest BCUT2D eigenvalue weighted by Crippen LogP contribution is 2.31. The van der Waals surface area contributed by atoms with E-state index in [0.29, 0.717) is 5.92 Å². The van der Waals surface area contributed by atoms with Crippen LogP contribution in [0.15, 0.2) is 12.1 Å². The number of rotatable bonds is 3. The first-order valence-electron chi connectivity index (χ1n) is 8.03. The molecule has 0 saturated heterocycles. The third kappa shape index (κ3) is 3.15. The average Bonchev–Trinajstić information content (AvgIpc) is 2.75. The Labute approximate surface area is 150 Å². The number of amides is 3. The molecule has 1 aliphatic heterocycles. The summed E-state index contributed by atoms with van der Waals surface area (Å²) in [4.78, 5) is 38.0. The van der Waals surface area contributed by atoms with Crippen LogP contribution in [0.5, 0.6) is 0 Å². The predicted molar refractivity (Wildman–Crippen MR) is 91.4 cm³/mol. The second-order valence-electron chi connectivity index (χ2n) is 6.44. The Morgan fingerprint density at radius 2 is 1.67 bits per heavy atom. The largest absolute Gasteiger partial charge is 0.352 e. The first-order chi connectivity index (χ1) is 11.4. The number of nitrogens with zero attached hydrogens (tertiary/aromatic N) is 1. The fraction of sp³-hybridized carbons (Fsp3) is 0.471. The van der Waals surface area contributed by atoms with Crippen LogP contribution >= 0.6 is 23.2 Å². The quantitative estimate of drug-likeness (QED) is 0.832. The zero-order valence-electron chi connectivity index (χ0n) is 13.3. The topological polar surface area (TPSA) is 66.5 Å². The number of nitrogens with one attached hydrogen (secondary N) is 1. The van der Waals surface area contributed by atoms with Crippen LogP contribution in [0.1, 0.15) is 53.3 Å². The standard InChI is InChI=1S/C17H18Cl2N2O3/c1-9-4-2-3-5-14(9)20-15(22)8-21-16(23)10-6-12(18)13(19)7-11(10)17(21)24/h6-7,9,14H,2-5,8H2,1H3,(H,20,22)/t9-,14-/m1/s1. The second kappa shape index (κ2) is 6.73. The summed E-state index contributed by atoms with van der Waals surface area (Å²) in [6, 6.07) is 2.85. The van der Waals surface area contributed by atoms with Crippen molar-refractivity contribution in [2.75, 3.05) is 6.54 Å². The smallest absolute Gasteiger partial charge is 0.262 e. The molecule has 1 aromatic carbocycles. The van der Waals surface area contributed by atoms with Crippen molar-refractivity contribution in [2.24, 2.45) is 5.92 Å². The van der Waals surface area contributed by atoms with Gasteiger partial charge in [0.05, 0.1) is 21.2 Å². The Balaban J connectivity index is 1.71. The van der Waals surface area contributed by atoms with Gasteiger partial charge < -0.3 is 5.32 Å². The molecule has 7 heteroatoms. The van der Waals surface area contributed by atoms with Crippen molar-refractivity contribution in [1.29, 1.82) is 0 Å². The molecule has 3 rings (SSSR count). The SMILES string of the molecule is C[C@@H]1CCCC[C@H]1NC(=O)CN1C(=O)c2cc(Cl)c(Cl)cc2C1=O. The molecule has 1 heterocycles. The van der Waals surface area contributed by atoms with Gasteiger partial charge in [-0.3, -0.25) is 19.3 Å². The monoisotopic (exact) mass is 368 g/mol. The van der Waals surface area contributed by atoms with Gasteiger partial charge in [0, 0.05) is 6.04 Å². The van der Waals surface area contributed by atoms with Gasteiger partial charge in [0.1, 0.15) is 6.54 Å². The average molecular weight is 369 g/mol. The summed E-state index contributed by atoms with van der Waals surface area (Å²) in [5.74, 6) is -0.941. The molecule has 2 atom stereocenters. The van der Waals surface area contributed by atoms with Crippen LogP contribution in [0.3, 0.4) is 0 Å². The van der Waals surface area contributed by atoms with E-state index in [9.17, 15) is 14.4 Å². The number of benzene rings is 1. The highest BCUT2D eigenvalue weighted by atomic mass is 35.5. The van der Waals surface area contributed by atoms with Gasteiger partial charge in [0.2, 0.25) is 5.91 Å². The van der Waals surface area contributed by atoms with Gasteiger partial charge in [-0.1, -0.05) is 43.0 Å². The molecule has 0 unspecified atom stereocenters. The van der Waals surface area contributed by atoms with E-state index >= 15 is 0 Å². The molecule has 1 N–H and O–H groups in total. The molecule has 2 aliphatic rings. The van der Waals surface area contributed by atoms with E-state index in [-0.39, 0.29) is 39.7 Å². The van der Waals surface area contributed by atoms with Gasteiger partial charge in [-0.25, -0.2) is 0 Å². The van der Waals surface area contributed by atoms with Crippen LogP contribution < -0.4 is 5.32 Å². The third-order valence-electron chi connectivity index (χ3n) is 4.77. The summed E-state index contributed by atoms with van der Waals surface area (Å²) in [5.41, 5.74) is 0.376. The van der Waals surface area contributed by atoms with Gasteiger partial charge in [-0.2, -0.15) is 0 Å². The molecule has 1 aliphatic carbocycles. The van der Waals surface area contributed by atoms with Crippen molar-refractivity contribution in [1.82, 2.24) is 10.2 Å². The lowest BCUT2D eigenvalue weighted by Gasteiger charge is -2.30. The maximum Gasteiger partial charge on any atom is 0.262 e. The van der Waals surface area contributed by atoms with Crippen molar-refractivity contribution in [3.8, 4) is 0 Å². The number of hydrogen-bond acceptors (Lipinski definition) is 3. The van der Waals surface area contributed by atoms with Crippen molar-refractivity contribution in [3.05, 3.63) is 33.3 Å². The lowest BCUT2D eigenvalue weighted by molar-refractivity contribution is -0.122. The maximum atomic E-state index is 12.4. The molecular weight excluding hydrogens is 351 g/mol. The van der Waals surface area contributed by atoms with E-state index in [1.807, 2.05) is 0 Å². The van der Waals surface area contributed by atoms with Crippen LogP contribution in [-0.4, -0.2) is 35.2 Å². The number of halogens is 2. The lowest BCUT2D eigenvalue weighted by Crippen LogP contribution is -2.46. The summed E-state index contributed by atoms with van der Waals surface area (Å²) in [5, 5.41) is 3.36. The third-order valence-corrected chi connectivity index (χ3v) is 5.49. The minimum atomic E-state index is -0.514. The first kappa shape index (κ1) is 17.2. The van der Waals surface area contributed by atoms with E-state index in [2.05, 4.69) is 12.2 Å². The van der Waals surface area contributed by atoms with Crippen molar-refractivity contribution >= 4 is 40.9 Å². The fourth-order valence-electron chi connectivity index (χ4n) is 3.35. The zero-order chi connectivity index (χ0) is 17.4. The molecule has 0 spiro atoms. The van der Waals surface area contributed by atoms with Gasteiger partial charge in [0.15, 0.2) is 0 Å². The Morgan fingerprint density at radius 1 is 1.12 bits per heavy atom. The summed E-state index contributed by atoms with van der Waals surface area (Å²) in [6.45, 7) is 1.82. The highest BCUT2D eigenvalue weighted by molar-refractivity contribution is 6.43. The molecule has 0 aromatic heterocycles. The van der Waals surface area contributed by atoms with Crippen LogP contribution in [0.4, 0.5) is 0 Å². The summed E-state index contributed by atoms with van der Waals surface area (Å²) in [6.07, 6.45) is 4.27. The van der Waals surface area contributed by atoms with E-state index in [4.69, 9.17) is 23.2 Å². The van der Waals surface area contributed by atoms with Crippen molar-refractivity contribution in [3.63, 3.8) is 0 Å². The molecule has 0 bridgehead atoms. The van der Waals surface area contributed by atoms with E-state index in [1.54, 1.807) is 0 Å². The molecule has 24 heavy (non-hydrogen) atoms. The van der Waals surface area contributed by atoms with Crippen molar-refractivity contribution < 1.29 is 14.4 Å². The van der Waals surface area contributed by atoms with Crippen molar-refractivity contribution in [2.45, 2.75) is 38.6 Å². The van der Waals surface area contributed by atoms with Gasteiger partial charge in [-0.15, -0.1) is 0 Å². The molecule has 3 amide bonds. The van der Waals surface area contributed by atoms with E-state index in [0.717, 1.165) is 24.2 Å². The van der Waals surface area contributed by atoms with Gasteiger partial charge in [0.25, 0.3) is 11.8 Å². The minimum Gasteiger partial charge on any atom is -0.352 e. The molecule has 1 saturated carbocycles. The van der Waals surface area contributed by atoms with Gasteiger partial charge >= 0.3 is 0 Å². The Bertz CT molecular complexity index is 679. The lowest BCUT2D eigenvalue weighted by atomic mass is 9.86. The molecule has 1 fully saturated rings. The summed E-state index contributed by atoms with van der Waals surface area (Å²) >= 11 is 11.8. The fourth-order valence-corrected chi connectivity index (χ4v) is 3.68. The second-order valence-corrected chi connectivity index (χ2v) is 7.26. The van der Waals surface area contributed by atoms with Crippen LogP contribution in [0, 0.1) is 5.92 Å². The normalized spacial score (nSPS) is 23.4. The zero-order valence-corrected chi connectivity index (χ0v) is 14.8. The van der Waals surface area contributed by atoms with E-state index in [1.165, 1.54) is 18.6 Å². The molecule has 128 valence electrons. The molecule has 1 aromatic rings. The number of carbonyl (C=O) groups is 3. The minimum absolute atomic E-state index is 0.102. The predicted octanol–water partition coefficient (Wildman–Crippen LogP) is 3.28. The summed E-state index contributed by atoms with van der Waals surface area (Å²) < 4.78 is 0. The number of hydrogen-bond donors (Lipinski definition) is 1. The Morgan fingerprint density at radius 3 is 2.21 bits per heavy atom. The van der Waals surface area contributed by atoms with Crippen LogP contribution in [0.2, 0.25) is 10.0 Å². The van der Waals surface area contributed by atoms with E-state index < -0.39 is 11.8 Å². The van der Waals surface area contributed by atoms with Gasteiger partial charge in [-0.05, 0) is 30.9 Å². The maximum absolute atomic E-state index is 12.4. The molecule has 0 radical (unpaired) electrons. The Hall–Kier alpha value is -1.59. The van der Waals surface area contributed by atoms with Crippen LogP contribution in [-0.2, 0) is 4.79 Å². The number of carbonyl (C=O) groups excluding carboxylic acids is 3. The molecule has 5 nitrogen and oxygen atoms in total. The molecular formula is C17H18Cl2N2O3. The Kier molecular flexibility index (Phi) is 4.83. The number of imide groups is 1. The summed E-state index contributed by atoms with van der Waals surface area (Å²) in [7, 11) is 0.